The molecule has 1 aromatic carbocycles. The van der Waals surface area contributed by atoms with Gasteiger partial charge in [-0.25, -0.2) is 9.50 Å². The number of likely N-dealkylation sites (tertiary alicyclic amines) is 1. The van der Waals surface area contributed by atoms with Crippen molar-refractivity contribution in [1.82, 2.24) is 19.5 Å². The summed E-state index contributed by atoms with van der Waals surface area (Å²) in [6.07, 6.45) is 2.13. The first-order valence-corrected chi connectivity index (χ1v) is 8.84. The Hall–Kier alpha value is -2.69. The Balaban J connectivity index is 1.68. The maximum atomic E-state index is 12.8. The summed E-state index contributed by atoms with van der Waals surface area (Å²) in [7, 11) is 0. The molecule has 0 unspecified atom stereocenters. The Labute approximate surface area is 147 Å². The third-order valence-electron chi connectivity index (χ3n) is 4.96. The summed E-state index contributed by atoms with van der Waals surface area (Å²) in [5.74, 6) is 0.726. The van der Waals surface area contributed by atoms with Gasteiger partial charge < -0.3 is 4.90 Å². The molecule has 0 aliphatic carbocycles. The van der Waals surface area contributed by atoms with Gasteiger partial charge in [-0.2, -0.15) is 5.10 Å². The Morgan fingerprint density at radius 2 is 1.84 bits per heavy atom. The van der Waals surface area contributed by atoms with E-state index in [-0.39, 0.29) is 5.91 Å². The van der Waals surface area contributed by atoms with Crippen molar-refractivity contribution in [3.63, 3.8) is 0 Å². The quantitative estimate of drug-likeness (QED) is 0.720. The molecule has 3 aromatic rings. The third kappa shape index (κ3) is 3.02. The van der Waals surface area contributed by atoms with E-state index in [2.05, 4.69) is 17.0 Å². The second kappa shape index (κ2) is 6.31. The number of amides is 1. The number of carbonyl (C=O) groups is 1. The lowest BCUT2D eigenvalue weighted by Crippen LogP contribution is -2.38. The van der Waals surface area contributed by atoms with Gasteiger partial charge >= 0.3 is 0 Å². The molecule has 1 saturated heterocycles. The van der Waals surface area contributed by atoms with Crippen molar-refractivity contribution in [2.45, 2.75) is 26.7 Å². The molecule has 1 aliphatic rings. The maximum absolute atomic E-state index is 12.8. The largest absolute Gasteiger partial charge is 0.337 e. The highest BCUT2D eigenvalue weighted by atomic mass is 16.2. The van der Waals surface area contributed by atoms with Gasteiger partial charge in [0, 0.05) is 30.4 Å². The van der Waals surface area contributed by atoms with Gasteiger partial charge in [-0.15, -0.1) is 0 Å². The van der Waals surface area contributed by atoms with E-state index in [4.69, 9.17) is 0 Å². The van der Waals surface area contributed by atoms with Crippen LogP contribution in [0.3, 0.4) is 0 Å². The number of rotatable bonds is 2. The highest BCUT2D eigenvalue weighted by Gasteiger charge is 2.23. The number of carbonyl (C=O) groups excluding carboxylic acids is 1. The van der Waals surface area contributed by atoms with Crippen LogP contribution in [0.5, 0.6) is 0 Å². The second-order valence-corrected chi connectivity index (χ2v) is 6.92. The van der Waals surface area contributed by atoms with Gasteiger partial charge in [0.05, 0.1) is 5.69 Å². The summed E-state index contributed by atoms with van der Waals surface area (Å²) in [4.78, 5) is 19.3. The molecule has 5 nitrogen and oxygen atoms in total. The van der Waals surface area contributed by atoms with Crippen LogP contribution >= 0.6 is 0 Å². The molecule has 1 amide bonds. The van der Waals surface area contributed by atoms with Crippen molar-refractivity contribution in [2.24, 2.45) is 5.92 Å². The van der Waals surface area contributed by atoms with Crippen molar-refractivity contribution < 1.29 is 4.79 Å². The molecule has 0 spiro atoms. The van der Waals surface area contributed by atoms with E-state index in [1.54, 1.807) is 4.52 Å². The molecule has 2 aromatic heterocycles. The first kappa shape index (κ1) is 15.8. The SMILES string of the molecule is Cc1cc(C(=O)N2CCC(C)CC2)nc2cc(-c3ccccc3)nn12. The zero-order valence-corrected chi connectivity index (χ0v) is 14.6. The van der Waals surface area contributed by atoms with Crippen LogP contribution in [0.4, 0.5) is 0 Å². The zero-order chi connectivity index (χ0) is 17.4. The number of nitrogens with zero attached hydrogens (tertiary/aromatic N) is 4. The molecule has 1 aliphatic heterocycles. The number of aryl methyl sites for hydroxylation is 1. The fourth-order valence-electron chi connectivity index (χ4n) is 3.36. The van der Waals surface area contributed by atoms with E-state index < -0.39 is 0 Å². The third-order valence-corrected chi connectivity index (χ3v) is 4.96. The molecular weight excluding hydrogens is 312 g/mol. The van der Waals surface area contributed by atoms with Gasteiger partial charge in [-0.1, -0.05) is 37.3 Å². The molecule has 0 saturated carbocycles. The lowest BCUT2D eigenvalue weighted by atomic mass is 9.99. The second-order valence-electron chi connectivity index (χ2n) is 6.92. The molecule has 5 heteroatoms. The van der Waals surface area contributed by atoms with Crippen LogP contribution in [-0.2, 0) is 0 Å². The molecule has 3 heterocycles. The number of piperidine rings is 1. The van der Waals surface area contributed by atoms with E-state index in [0.717, 1.165) is 42.9 Å². The van der Waals surface area contributed by atoms with Gasteiger partial charge in [0.15, 0.2) is 5.65 Å². The van der Waals surface area contributed by atoms with Crippen LogP contribution in [-0.4, -0.2) is 38.5 Å². The molecule has 128 valence electrons. The van der Waals surface area contributed by atoms with E-state index >= 15 is 0 Å². The van der Waals surface area contributed by atoms with Crippen LogP contribution in [0.2, 0.25) is 0 Å². The Kier molecular flexibility index (Phi) is 3.99. The monoisotopic (exact) mass is 334 g/mol. The normalized spacial score (nSPS) is 15.7. The van der Waals surface area contributed by atoms with Gasteiger partial charge in [-0.3, -0.25) is 4.79 Å². The molecule has 0 atom stereocenters. The average Bonchev–Trinajstić information content (AvgIpc) is 3.07. The van der Waals surface area contributed by atoms with Crippen LogP contribution in [0.25, 0.3) is 16.9 Å². The number of hydrogen-bond donors (Lipinski definition) is 0. The standard InChI is InChI=1S/C20H22N4O/c1-14-8-10-23(11-9-14)20(25)18-12-15(2)24-19(21-18)13-17(22-24)16-6-4-3-5-7-16/h3-7,12-14H,8-11H2,1-2H3. The zero-order valence-electron chi connectivity index (χ0n) is 14.6. The Morgan fingerprint density at radius 1 is 1.12 bits per heavy atom. The van der Waals surface area contributed by atoms with Crippen molar-refractivity contribution in [3.8, 4) is 11.3 Å². The van der Waals surface area contributed by atoms with Crippen molar-refractivity contribution >= 4 is 11.6 Å². The predicted molar refractivity (Wildman–Crippen MR) is 97.5 cm³/mol. The average molecular weight is 334 g/mol. The predicted octanol–water partition coefficient (Wildman–Crippen LogP) is 3.58. The maximum Gasteiger partial charge on any atom is 0.272 e. The fraction of sp³-hybridized carbons (Fsp3) is 0.350. The minimum absolute atomic E-state index is 0.0277. The van der Waals surface area contributed by atoms with E-state index in [0.29, 0.717) is 17.3 Å². The summed E-state index contributed by atoms with van der Waals surface area (Å²) in [6.45, 7) is 5.85. The van der Waals surface area contributed by atoms with Crippen LogP contribution in [0, 0.1) is 12.8 Å². The van der Waals surface area contributed by atoms with Crippen molar-refractivity contribution in [3.05, 3.63) is 53.9 Å². The first-order chi connectivity index (χ1) is 12.1. The highest BCUT2D eigenvalue weighted by Crippen LogP contribution is 2.21. The molecule has 25 heavy (non-hydrogen) atoms. The minimum Gasteiger partial charge on any atom is -0.337 e. The lowest BCUT2D eigenvalue weighted by Gasteiger charge is -2.30. The van der Waals surface area contributed by atoms with Crippen molar-refractivity contribution in [2.75, 3.05) is 13.1 Å². The minimum atomic E-state index is 0.0277. The van der Waals surface area contributed by atoms with E-state index in [9.17, 15) is 4.79 Å². The van der Waals surface area contributed by atoms with Gasteiger partial charge in [-0.05, 0) is 31.7 Å². The Bertz CT molecular complexity index is 908. The molecule has 0 radical (unpaired) electrons. The van der Waals surface area contributed by atoms with Crippen molar-refractivity contribution in [1.29, 1.82) is 0 Å². The summed E-state index contributed by atoms with van der Waals surface area (Å²) in [6, 6.07) is 13.8. The first-order valence-electron chi connectivity index (χ1n) is 8.84. The molecule has 1 fully saturated rings. The summed E-state index contributed by atoms with van der Waals surface area (Å²) in [5, 5.41) is 4.63. The van der Waals surface area contributed by atoms with Crippen LogP contribution in [0.15, 0.2) is 42.5 Å². The number of aromatic nitrogens is 3. The summed E-state index contributed by atoms with van der Waals surface area (Å²) < 4.78 is 1.80. The molecule has 0 bridgehead atoms. The topological polar surface area (TPSA) is 50.5 Å². The van der Waals surface area contributed by atoms with Crippen LogP contribution < -0.4 is 0 Å². The molecule has 4 rings (SSSR count). The van der Waals surface area contributed by atoms with Gasteiger partial charge in [0.2, 0.25) is 0 Å². The van der Waals surface area contributed by atoms with Crippen LogP contribution in [0.1, 0.15) is 35.9 Å². The fourth-order valence-corrected chi connectivity index (χ4v) is 3.36. The van der Waals surface area contributed by atoms with Gasteiger partial charge in [0.25, 0.3) is 5.91 Å². The van der Waals surface area contributed by atoms with Gasteiger partial charge in [0.1, 0.15) is 5.69 Å². The smallest absolute Gasteiger partial charge is 0.272 e. The number of hydrogen-bond acceptors (Lipinski definition) is 3. The summed E-state index contributed by atoms with van der Waals surface area (Å²) in [5.41, 5.74) is 4.06. The summed E-state index contributed by atoms with van der Waals surface area (Å²) >= 11 is 0. The molecule has 0 N–H and O–H groups in total. The number of benzene rings is 1. The van der Waals surface area contributed by atoms with E-state index in [1.165, 1.54) is 0 Å². The highest BCUT2D eigenvalue weighted by molar-refractivity contribution is 5.93. The lowest BCUT2D eigenvalue weighted by molar-refractivity contribution is 0.0691. The Morgan fingerprint density at radius 3 is 2.56 bits per heavy atom. The molecular formula is C20H22N4O. The van der Waals surface area contributed by atoms with E-state index in [1.807, 2.05) is 54.3 Å². The number of fused-ring (bicyclic) bond motifs is 1.